The number of carboxylic acid groups (broad SMARTS) is 2. The second-order valence-corrected chi connectivity index (χ2v) is 15.2. The van der Waals surface area contributed by atoms with Gasteiger partial charge in [-0.25, -0.2) is 9.59 Å². The topological polar surface area (TPSA) is 354 Å². The SMILES string of the molecule is O=C(O)c1cc([O-])c2c(c1)[C@@H]([C@H]1c3cc(C(=O)O)cc([O-])c3C(=O)c3c(O[C@@H]4O[C@H](CO)[C@@H](O)[C@H](O)[C@H]4O)cccc31)c1cccc(O[C@@H]3O[C@H](CO)[C@@H](O)[C@H](O)[C@H]3O)c1C2=O.[Ca+2]. The number of aliphatic hydroxyl groups excluding tert-OH is 8. The van der Waals surface area contributed by atoms with E-state index < -0.39 is 144 Å². The molecule has 2 aliphatic carbocycles. The summed E-state index contributed by atoms with van der Waals surface area (Å²) >= 11 is 0. The van der Waals surface area contributed by atoms with Crippen molar-refractivity contribution >= 4 is 61.2 Å². The number of hydrogen-bond donors (Lipinski definition) is 10. The molecule has 20 nitrogen and oxygen atoms in total. The molecule has 4 aliphatic rings. The molecule has 63 heavy (non-hydrogen) atoms. The van der Waals surface area contributed by atoms with Gasteiger partial charge in [-0.1, -0.05) is 47.9 Å². The largest absolute Gasteiger partial charge is 2.00 e. The van der Waals surface area contributed by atoms with Crippen LogP contribution in [0.5, 0.6) is 23.0 Å². The predicted octanol–water partition coefficient (Wildman–Crippen LogP) is -2.74. The van der Waals surface area contributed by atoms with Gasteiger partial charge in [0.2, 0.25) is 12.6 Å². The number of carboxylic acids is 2. The molecule has 2 saturated heterocycles. The van der Waals surface area contributed by atoms with E-state index in [1.54, 1.807) is 0 Å². The van der Waals surface area contributed by atoms with Crippen LogP contribution in [0.25, 0.3) is 0 Å². The molecule has 4 aromatic rings. The predicted molar refractivity (Wildman–Crippen MR) is 204 cm³/mol. The van der Waals surface area contributed by atoms with Crippen LogP contribution in [-0.2, 0) is 9.47 Å². The third-order valence-electron chi connectivity index (χ3n) is 11.6. The summed E-state index contributed by atoms with van der Waals surface area (Å²) in [6.07, 6.45) is -17.9. The second kappa shape index (κ2) is 17.7. The maximum Gasteiger partial charge on any atom is 2.00 e. The van der Waals surface area contributed by atoms with E-state index in [1.807, 2.05) is 0 Å². The van der Waals surface area contributed by atoms with Crippen LogP contribution >= 0.6 is 0 Å². The Morgan fingerprint density at radius 2 is 0.905 bits per heavy atom. The Bertz CT molecular complexity index is 2330. The van der Waals surface area contributed by atoms with Crippen molar-refractivity contribution in [3.05, 3.63) is 116 Å². The first kappa shape index (κ1) is 46.2. The molecule has 12 atom stereocenters. The molecule has 2 fully saturated rings. The Morgan fingerprint density at radius 3 is 1.24 bits per heavy atom. The van der Waals surface area contributed by atoms with Gasteiger partial charge in [-0.3, -0.25) is 9.59 Å². The van der Waals surface area contributed by atoms with Crippen molar-refractivity contribution in [1.82, 2.24) is 0 Å². The first-order valence-corrected chi connectivity index (χ1v) is 18.9. The molecule has 0 spiro atoms. The first-order valence-electron chi connectivity index (χ1n) is 18.9. The zero-order valence-electron chi connectivity index (χ0n) is 32.4. The summed E-state index contributed by atoms with van der Waals surface area (Å²) in [6, 6.07) is 11.4. The first-order chi connectivity index (χ1) is 29.5. The summed E-state index contributed by atoms with van der Waals surface area (Å²) in [5.74, 6) is -11.1. The number of hydrogen-bond acceptors (Lipinski definition) is 18. The number of fused-ring (bicyclic) bond motifs is 4. The van der Waals surface area contributed by atoms with Crippen LogP contribution in [0.15, 0.2) is 60.7 Å². The van der Waals surface area contributed by atoms with Crippen molar-refractivity contribution in [2.75, 3.05) is 13.2 Å². The second-order valence-electron chi connectivity index (χ2n) is 15.2. The number of carbonyl (C=O) groups excluding carboxylic acids is 2. The van der Waals surface area contributed by atoms with Crippen molar-refractivity contribution in [3.8, 4) is 23.0 Å². The fraction of sp³-hybridized carbons (Fsp3) is 0.333. The molecule has 2 aliphatic heterocycles. The number of aliphatic hydroxyl groups is 8. The van der Waals surface area contributed by atoms with Gasteiger partial charge < -0.3 is 80.2 Å². The van der Waals surface area contributed by atoms with Crippen LogP contribution in [0.1, 0.15) is 86.6 Å². The van der Waals surface area contributed by atoms with Crippen LogP contribution in [0.2, 0.25) is 0 Å². The van der Waals surface area contributed by atoms with E-state index >= 15 is 0 Å². The monoisotopic (exact) mass is 900 g/mol. The van der Waals surface area contributed by atoms with E-state index in [9.17, 15) is 80.5 Å². The molecule has 0 unspecified atom stereocenters. The van der Waals surface area contributed by atoms with Gasteiger partial charge in [-0.05, 0) is 46.5 Å². The van der Waals surface area contributed by atoms with Crippen molar-refractivity contribution in [2.24, 2.45) is 0 Å². The number of ether oxygens (including phenoxy) is 4. The molecule has 2 heterocycles. The fourth-order valence-corrected chi connectivity index (χ4v) is 8.68. The van der Waals surface area contributed by atoms with Gasteiger partial charge in [0.15, 0.2) is 11.6 Å². The van der Waals surface area contributed by atoms with Crippen molar-refractivity contribution in [2.45, 2.75) is 73.2 Å². The van der Waals surface area contributed by atoms with E-state index in [-0.39, 0.29) is 82.6 Å². The van der Waals surface area contributed by atoms with Crippen LogP contribution in [0.4, 0.5) is 0 Å². The normalized spacial score (nSPS) is 29.6. The van der Waals surface area contributed by atoms with Crippen molar-refractivity contribution in [1.29, 1.82) is 0 Å². The van der Waals surface area contributed by atoms with E-state index in [2.05, 4.69) is 0 Å². The van der Waals surface area contributed by atoms with Crippen LogP contribution < -0.4 is 19.7 Å². The van der Waals surface area contributed by atoms with Gasteiger partial charge in [0, 0.05) is 23.0 Å². The maximum absolute atomic E-state index is 14.6. The summed E-state index contributed by atoms with van der Waals surface area (Å²) in [5, 5.41) is 131. The molecular weight excluding hydrogens is 865 g/mol. The van der Waals surface area contributed by atoms with Gasteiger partial charge in [0.05, 0.1) is 35.5 Å². The van der Waals surface area contributed by atoms with Gasteiger partial charge in [0.1, 0.15) is 60.3 Å². The molecule has 0 amide bonds. The minimum Gasteiger partial charge on any atom is -0.872 e. The maximum atomic E-state index is 14.6. The van der Waals surface area contributed by atoms with Crippen LogP contribution in [-0.4, -0.2) is 187 Å². The third-order valence-corrected chi connectivity index (χ3v) is 11.6. The Labute approximate surface area is 384 Å². The minimum atomic E-state index is -1.96. The zero-order valence-corrected chi connectivity index (χ0v) is 34.6. The zero-order chi connectivity index (χ0) is 44.6. The summed E-state index contributed by atoms with van der Waals surface area (Å²) in [6.45, 7) is -1.67. The van der Waals surface area contributed by atoms with E-state index in [4.69, 9.17) is 18.9 Å². The van der Waals surface area contributed by atoms with E-state index in [1.165, 1.54) is 36.4 Å². The smallest absolute Gasteiger partial charge is 0.872 e. The molecule has 0 saturated carbocycles. The van der Waals surface area contributed by atoms with Crippen LogP contribution in [0.3, 0.4) is 0 Å². The summed E-state index contributed by atoms with van der Waals surface area (Å²) < 4.78 is 22.9. The van der Waals surface area contributed by atoms with Gasteiger partial charge in [-0.15, -0.1) is 0 Å². The molecule has 0 bridgehead atoms. The number of rotatable bonds is 9. The molecule has 0 radical (unpaired) electrons. The molecule has 10 N–H and O–H groups in total. The fourth-order valence-electron chi connectivity index (χ4n) is 8.68. The average Bonchev–Trinajstić information content (AvgIpc) is 3.24. The molecule has 21 heteroatoms. The number of aromatic carboxylic acids is 2. The summed E-state index contributed by atoms with van der Waals surface area (Å²) in [4.78, 5) is 54.1. The molecule has 326 valence electrons. The van der Waals surface area contributed by atoms with Crippen LogP contribution in [0, 0.1) is 0 Å². The summed E-state index contributed by atoms with van der Waals surface area (Å²) in [7, 11) is 0. The number of ketones is 2. The Hall–Kier alpha value is -4.78. The molecule has 8 rings (SSSR count). The Kier molecular flexibility index (Phi) is 13.0. The Morgan fingerprint density at radius 1 is 0.540 bits per heavy atom. The van der Waals surface area contributed by atoms with Gasteiger partial charge in [-0.2, -0.15) is 0 Å². The minimum absolute atomic E-state index is 0. The van der Waals surface area contributed by atoms with E-state index in [0.29, 0.717) is 12.1 Å². The molecule has 4 aromatic carbocycles. The van der Waals surface area contributed by atoms with Crippen molar-refractivity contribution < 1.29 is 99.4 Å². The van der Waals surface area contributed by atoms with E-state index in [0.717, 1.165) is 12.1 Å². The van der Waals surface area contributed by atoms with Crippen molar-refractivity contribution in [3.63, 3.8) is 0 Å². The number of benzene rings is 4. The van der Waals surface area contributed by atoms with Gasteiger partial charge >= 0.3 is 49.7 Å². The molecule has 0 aromatic heterocycles. The Balaban J connectivity index is 0.00000595. The summed E-state index contributed by atoms with van der Waals surface area (Å²) in [5.41, 5.74) is -3.65. The van der Waals surface area contributed by atoms with Gasteiger partial charge in [0.25, 0.3) is 0 Å². The average molecular weight is 901 g/mol. The third kappa shape index (κ3) is 7.63. The standard InChI is InChI=1S/C42H38O20.Ca/c43-11-23-31(47)35(51)37(53)41(61-23)59-21-5-1-3-15-25(17-7-13(39(55)56)9-19(45)27(17)33(49)29(15)21)26-16-4-2-6-22(60-42-38(54)36(52)32(48)24(12-44)62-42)30(16)34(50)28-18(26)8-14(40(57)58)10-20(28)46;/h1-10,23-26,31-32,35-38,41-48,51-54H,11-12H2,(H,55,56)(H,57,58);/q;+2/p-2/t23-,24-,25-,26+,31-,32-,35+,36+,37-,38-,41-,42-;/m1./s1. The quantitative estimate of drug-likeness (QED) is 0.0762. The molecular formula is C42H36CaO20. The number of carbonyl (C=O) groups is 4.